The normalized spacial score (nSPS) is 11.1. The van der Waals surface area contributed by atoms with Gasteiger partial charge in [0.25, 0.3) is 0 Å². The Morgan fingerprint density at radius 1 is 1.00 bits per heavy atom. The van der Waals surface area contributed by atoms with Gasteiger partial charge in [0.05, 0.1) is 28.5 Å². The van der Waals surface area contributed by atoms with Crippen LogP contribution < -0.4 is 0 Å². The number of imidazole rings is 1. The number of aromatic amines is 1. The van der Waals surface area contributed by atoms with Gasteiger partial charge in [0, 0.05) is 6.20 Å². The van der Waals surface area contributed by atoms with Crippen LogP contribution >= 0.6 is 0 Å². The van der Waals surface area contributed by atoms with E-state index >= 15 is 0 Å². The summed E-state index contributed by atoms with van der Waals surface area (Å²) >= 11 is 0. The average molecular weight is 274 g/mol. The van der Waals surface area contributed by atoms with E-state index in [-0.39, 0.29) is 0 Å². The van der Waals surface area contributed by atoms with Crippen LogP contribution in [0, 0.1) is 6.92 Å². The minimum atomic E-state index is 0.844. The van der Waals surface area contributed by atoms with Gasteiger partial charge in [-0.25, -0.2) is 9.67 Å². The molecule has 21 heavy (non-hydrogen) atoms. The number of H-pyrrole nitrogens is 1. The van der Waals surface area contributed by atoms with Crippen molar-refractivity contribution in [2.45, 2.75) is 6.92 Å². The number of benzene rings is 2. The fourth-order valence-corrected chi connectivity index (χ4v) is 2.49. The molecule has 0 radical (unpaired) electrons. The summed E-state index contributed by atoms with van der Waals surface area (Å²) in [4.78, 5) is 7.93. The second kappa shape index (κ2) is 4.59. The van der Waals surface area contributed by atoms with Crippen molar-refractivity contribution in [2.75, 3.05) is 0 Å². The van der Waals surface area contributed by atoms with Gasteiger partial charge in [0.2, 0.25) is 0 Å². The minimum absolute atomic E-state index is 0.844. The van der Waals surface area contributed by atoms with E-state index in [1.807, 2.05) is 53.5 Å². The molecule has 0 spiro atoms. The lowest BCUT2D eigenvalue weighted by Crippen LogP contribution is -1.96. The molecular formula is C17H14N4. The van der Waals surface area contributed by atoms with Crippen LogP contribution in [0.5, 0.6) is 0 Å². The molecule has 0 saturated heterocycles. The number of hydrogen-bond acceptors (Lipinski definition) is 2. The molecule has 0 atom stereocenters. The molecule has 102 valence electrons. The van der Waals surface area contributed by atoms with Crippen LogP contribution in [0.2, 0.25) is 0 Å². The molecule has 0 bridgehead atoms. The maximum Gasteiger partial charge on any atom is 0.141 e. The average Bonchev–Trinajstić information content (AvgIpc) is 3.14. The Kier molecular flexibility index (Phi) is 2.60. The number of aromatic nitrogens is 4. The third kappa shape index (κ3) is 2.01. The summed E-state index contributed by atoms with van der Waals surface area (Å²) in [6, 6.07) is 16.2. The number of nitrogens with zero attached hydrogens (tertiary/aromatic N) is 3. The molecule has 2 aromatic carbocycles. The maximum absolute atomic E-state index is 4.60. The van der Waals surface area contributed by atoms with Crippen molar-refractivity contribution in [2.24, 2.45) is 0 Å². The quantitative estimate of drug-likeness (QED) is 0.605. The van der Waals surface area contributed by atoms with E-state index in [0.717, 1.165) is 28.1 Å². The standard InChI is InChI=1S/C17H14N4/c1-12-6-2-5-9-16(12)21-11-13(10-18-21)17-19-14-7-3-4-8-15(14)20-17/h2-11H,1H3,(H,19,20). The molecule has 0 amide bonds. The van der Waals surface area contributed by atoms with Gasteiger partial charge in [-0.05, 0) is 30.7 Å². The summed E-state index contributed by atoms with van der Waals surface area (Å²) in [5.74, 6) is 0.844. The van der Waals surface area contributed by atoms with E-state index in [1.54, 1.807) is 0 Å². The SMILES string of the molecule is Cc1ccccc1-n1cc(-c2nc3ccccc3[nH]2)cn1. The zero-order valence-corrected chi connectivity index (χ0v) is 11.6. The van der Waals surface area contributed by atoms with Crippen molar-refractivity contribution in [3.8, 4) is 17.1 Å². The Hall–Kier alpha value is -2.88. The monoisotopic (exact) mass is 274 g/mol. The van der Waals surface area contributed by atoms with Crippen molar-refractivity contribution in [3.05, 3.63) is 66.5 Å². The Morgan fingerprint density at radius 3 is 2.67 bits per heavy atom. The summed E-state index contributed by atoms with van der Waals surface area (Å²) < 4.78 is 1.89. The molecule has 4 heteroatoms. The second-order valence-corrected chi connectivity index (χ2v) is 5.06. The highest BCUT2D eigenvalue weighted by atomic mass is 15.3. The molecule has 0 unspecified atom stereocenters. The number of hydrogen-bond donors (Lipinski definition) is 1. The van der Waals surface area contributed by atoms with E-state index in [4.69, 9.17) is 0 Å². The fourth-order valence-electron chi connectivity index (χ4n) is 2.49. The molecule has 2 heterocycles. The molecule has 0 aliphatic carbocycles. The zero-order valence-electron chi connectivity index (χ0n) is 11.6. The number of rotatable bonds is 2. The van der Waals surface area contributed by atoms with Crippen LogP contribution in [-0.2, 0) is 0 Å². The first-order valence-electron chi connectivity index (χ1n) is 6.87. The van der Waals surface area contributed by atoms with Crippen LogP contribution in [-0.4, -0.2) is 19.7 Å². The summed E-state index contributed by atoms with van der Waals surface area (Å²) in [5, 5.41) is 4.45. The van der Waals surface area contributed by atoms with Crippen LogP contribution in [0.4, 0.5) is 0 Å². The molecule has 4 aromatic rings. The van der Waals surface area contributed by atoms with Crippen molar-refractivity contribution in [1.29, 1.82) is 0 Å². The third-order valence-electron chi connectivity index (χ3n) is 3.61. The van der Waals surface area contributed by atoms with Gasteiger partial charge in [-0.2, -0.15) is 5.10 Å². The molecule has 2 aromatic heterocycles. The lowest BCUT2D eigenvalue weighted by Gasteiger charge is -2.04. The van der Waals surface area contributed by atoms with Gasteiger partial charge >= 0.3 is 0 Å². The van der Waals surface area contributed by atoms with Crippen molar-refractivity contribution >= 4 is 11.0 Å². The smallest absolute Gasteiger partial charge is 0.141 e. The van der Waals surface area contributed by atoms with E-state index in [0.29, 0.717) is 0 Å². The molecule has 1 N–H and O–H groups in total. The van der Waals surface area contributed by atoms with Crippen LogP contribution in [0.15, 0.2) is 60.9 Å². The van der Waals surface area contributed by atoms with Crippen LogP contribution in [0.3, 0.4) is 0 Å². The molecule has 4 nitrogen and oxygen atoms in total. The first-order chi connectivity index (χ1) is 10.3. The van der Waals surface area contributed by atoms with Crippen molar-refractivity contribution < 1.29 is 0 Å². The Bertz CT molecular complexity index is 884. The lowest BCUT2D eigenvalue weighted by atomic mass is 10.2. The van der Waals surface area contributed by atoms with E-state index in [2.05, 4.69) is 34.1 Å². The summed E-state index contributed by atoms with van der Waals surface area (Å²) in [5.41, 5.74) is 5.26. The molecular weight excluding hydrogens is 260 g/mol. The molecule has 0 fully saturated rings. The summed E-state index contributed by atoms with van der Waals surface area (Å²) in [7, 11) is 0. The predicted molar refractivity (Wildman–Crippen MR) is 83.4 cm³/mol. The van der Waals surface area contributed by atoms with Crippen LogP contribution in [0.1, 0.15) is 5.56 Å². The molecule has 0 saturated carbocycles. The van der Waals surface area contributed by atoms with Crippen LogP contribution in [0.25, 0.3) is 28.1 Å². The predicted octanol–water partition coefficient (Wildman–Crippen LogP) is 3.72. The van der Waals surface area contributed by atoms with Gasteiger partial charge < -0.3 is 4.98 Å². The summed E-state index contributed by atoms with van der Waals surface area (Å²) in [6.45, 7) is 2.08. The Morgan fingerprint density at radius 2 is 1.81 bits per heavy atom. The number of nitrogens with one attached hydrogen (secondary N) is 1. The number of fused-ring (bicyclic) bond motifs is 1. The maximum atomic E-state index is 4.60. The van der Waals surface area contributed by atoms with Gasteiger partial charge in [0.1, 0.15) is 5.82 Å². The first kappa shape index (κ1) is 11.9. The van der Waals surface area contributed by atoms with Gasteiger partial charge in [-0.15, -0.1) is 0 Å². The van der Waals surface area contributed by atoms with Crippen molar-refractivity contribution in [1.82, 2.24) is 19.7 Å². The second-order valence-electron chi connectivity index (χ2n) is 5.06. The summed E-state index contributed by atoms with van der Waals surface area (Å²) in [6.07, 6.45) is 3.84. The topological polar surface area (TPSA) is 46.5 Å². The minimum Gasteiger partial charge on any atom is -0.338 e. The van der Waals surface area contributed by atoms with Gasteiger partial charge in [-0.3, -0.25) is 0 Å². The highest BCUT2D eigenvalue weighted by Gasteiger charge is 2.09. The Balaban J connectivity index is 1.79. The Labute approximate surface area is 122 Å². The van der Waals surface area contributed by atoms with E-state index in [1.165, 1.54) is 5.56 Å². The molecule has 4 rings (SSSR count). The highest BCUT2D eigenvalue weighted by molar-refractivity contribution is 5.79. The number of aryl methyl sites for hydroxylation is 1. The largest absolute Gasteiger partial charge is 0.338 e. The van der Waals surface area contributed by atoms with Gasteiger partial charge in [0.15, 0.2) is 0 Å². The zero-order chi connectivity index (χ0) is 14.2. The molecule has 0 aliphatic rings. The fraction of sp³-hybridized carbons (Fsp3) is 0.0588. The van der Waals surface area contributed by atoms with E-state index < -0.39 is 0 Å². The van der Waals surface area contributed by atoms with E-state index in [9.17, 15) is 0 Å². The lowest BCUT2D eigenvalue weighted by molar-refractivity contribution is 0.873. The molecule has 0 aliphatic heterocycles. The highest BCUT2D eigenvalue weighted by Crippen LogP contribution is 2.21. The third-order valence-corrected chi connectivity index (χ3v) is 3.61. The number of para-hydroxylation sites is 3. The first-order valence-corrected chi connectivity index (χ1v) is 6.87. The van der Waals surface area contributed by atoms with Crippen molar-refractivity contribution in [3.63, 3.8) is 0 Å². The van der Waals surface area contributed by atoms with Gasteiger partial charge in [-0.1, -0.05) is 30.3 Å².